The fourth-order valence-electron chi connectivity index (χ4n) is 3.21. The van der Waals surface area contributed by atoms with Crippen LogP contribution >= 0.6 is 0 Å². The van der Waals surface area contributed by atoms with Crippen molar-refractivity contribution in [3.63, 3.8) is 0 Å². The van der Waals surface area contributed by atoms with Crippen molar-refractivity contribution < 1.29 is 19.4 Å². The van der Waals surface area contributed by atoms with Gasteiger partial charge in [0.1, 0.15) is 12.2 Å². The SMILES string of the molecule is Cc1ccc(C2C(=O)C=C[C@@]2(O)COC(=O)c2ccccc2)c(C)c1. The molecule has 0 spiro atoms. The molecular formula is C21H20O4. The third-order valence-corrected chi connectivity index (χ3v) is 4.50. The molecule has 1 N–H and O–H groups in total. The molecule has 4 heteroatoms. The monoisotopic (exact) mass is 336 g/mol. The highest BCUT2D eigenvalue weighted by molar-refractivity contribution is 6.00. The highest BCUT2D eigenvalue weighted by atomic mass is 16.5. The number of ketones is 1. The van der Waals surface area contributed by atoms with Crippen LogP contribution in [0.25, 0.3) is 0 Å². The summed E-state index contributed by atoms with van der Waals surface area (Å²) in [4.78, 5) is 24.5. The van der Waals surface area contributed by atoms with Crippen LogP contribution in [0, 0.1) is 13.8 Å². The van der Waals surface area contributed by atoms with Gasteiger partial charge in [-0.3, -0.25) is 4.79 Å². The highest BCUT2D eigenvalue weighted by Crippen LogP contribution is 2.38. The van der Waals surface area contributed by atoms with Crippen molar-refractivity contribution in [3.05, 3.63) is 82.9 Å². The largest absolute Gasteiger partial charge is 0.459 e. The quantitative estimate of drug-likeness (QED) is 0.872. The van der Waals surface area contributed by atoms with Gasteiger partial charge < -0.3 is 9.84 Å². The molecule has 0 saturated heterocycles. The lowest BCUT2D eigenvalue weighted by Gasteiger charge is -2.29. The summed E-state index contributed by atoms with van der Waals surface area (Å²) in [5, 5.41) is 11.0. The fraction of sp³-hybridized carbons (Fsp3) is 0.238. The molecule has 0 amide bonds. The molecule has 1 aliphatic carbocycles. The van der Waals surface area contributed by atoms with E-state index in [9.17, 15) is 14.7 Å². The molecule has 0 aliphatic heterocycles. The van der Waals surface area contributed by atoms with Crippen molar-refractivity contribution in [2.45, 2.75) is 25.4 Å². The second kappa shape index (κ2) is 6.65. The minimum atomic E-state index is -1.54. The summed E-state index contributed by atoms with van der Waals surface area (Å²) in [6.45, 7) is 3.60. The average Bonchev–Trinajstić information content (AvgIpc) is 2.89. The fourth-order valence-corrected chi connectivity index (χ4v) is 3.21. The van der Waals surface area contributed by atoms with E-state index in [1.54, 1.807) is 30.3 Å². The van der Waals surface area contributed by atoms with Crippen LogP contribution in [-0.4, -0.2) is 29.1 Å². The summed E-state index contributed by atoms with van der Waals surface area (Å²) in [7, 11) is 0. The minimum absolute atomic E-state index is 0.190. The van der Waals surface area contributed by atoms with Gasteiger partial charge in [0.15, 0.2) is 5.78 Å². The molecular weight excluding hydrogens is 316 g/mol. The molecule has 2 aromatic carbocycles. The average molecular weight is 336 g/mol. The van der Waals surface area contributed by atoms with E-state index in [0.717, 1.165) is 16.7 Å². The zero-order valence-corrected chi connectivity index (χ0v) is 14.2. The number of carbonyl (C=O) groups excluding carboxylic acids is 2. The van der Waals surface area contributed by atoms with E-state index in [1.165, 1.54) is 12.2 Å². The summed E-state index contributed by atoms with van der Waals surface area (Å²) >= 11 is 0. The first kappa shape index (κ1) is 17.1. The highest BCUT2D eigenvalue weighted by Gasteiger charge is 2.45. The predicted molar refractivity (Wildman–Crippen MR) is 94.5 cm³/mol. The second-order valence-electron chi connectivity index (χ2n) is 6.46. The standard InChI is InChI=1S/C21H20O4/c1-14-8-9-17(15(2)12-14)19-18(22)10-11-21(19,24)13-25-20(23)16-6-4-3-5-7-16/h3-12,19,24H,13H2,1-2H3/t19?,21-/m1/s1. The summed E-state index contributed by atoms with van der Waals surface area (Å²) < 4.78 is 5.29. The van der Waals surface area contributed by atoms with Crippen LogP contribution in [0.3, 0.4) is 0 Å². The number of aryl methyl sites for hydroxylation is 2. The smallest absolute Gasteiger partial charge is 0.338 e. The molecule has 2 atom stereocenters. The number of allylic oxidation sites excluding steroid dienone is 1. The molecule has 3 rings (SSSR count). The van der Waals surface area contributed by atoms with Crippen LogP contribution in [0.5, 0.6) is 0 Å². The van der Waals surface area contributed by atoms with E-state index in [1.807, 2.05) is 32.0 Å². The van der Waals surface area contributed by atoms with Crippen molar-refractivity contribution in [2.24, 2.45) is 0 Å². The van der Waals surface area contributed by atoms with Crippen LogP contribution in [0.15, 0.2) is 60.7 Å². The molecule has 0 aromatic heterocycles. The van der Waals surface area contributed by atoms with E-state index < -0.39 is 17.5 Å². The van der Waals surface area contributed by atoms with Crippen molar-refractivity contribution in [1.82, 2.24) is 0 Å². The van der Waals surface area contributed by atoms with Gasteiger partial charge in [-0.2, -0.15) is 0 Å². The molecule has 0 fully saturated rings. The predicted octanol–water partition coefficient (Wildman–Crippen LogP) is 3.11. The number of carbonyl (C=O) groups is 2. The third kappa shape index (κ3) is 3.39. The number of hydrogen-bond acceptors (Lipinski definition) is 4. The Morgan fingerprint density at radius 3 is 2.56 bits per heavy atom. The molecule has 4 nitrogen and oxygen atoms in total. The van der Waals surface area contributed by atoms with Crippen molar-refractivity contribution in [3.8, 4) is 0 Å². The Balaban J connectivity index is 1.82. The summed E-state index contributed by atoms with van der Waals surface area (Å²) in [6.07, 6.45) is 2.79. The number of aliphatic hydroxyl groups is 1. The molecule has 0 radical (unpaired) electrons. The molecule has 0 heterocycles. The zero-order chi connectivity index (χ0) is 18.0. The van der Waals surface area contributed by atoms with Crippen LogP contribution in [-0.2, 0) is 9.53 Å². The topological polar surface area (TPSA) is 63.6 Å². The normalized spacial score (nSPS) is 22.2. The number of esters is 1. The van der Waals surface area contributed by atoms with E-state index in [4.69, 9.17) is 4.74 Å². The first-order chi connectivity index (χ1) is 11.9. The van der Waals surface area contributed by atoms with Gasteiger partial charge in [0.2, 0.25) is 0 Å². The van der Waals surface area contributed by atoms with E-state index >= 15 is 0 Å². The maximum absolute atomic E-state index is 12.4. The number of ether oxygens (including phenoxy) is 1. The lowest BCUT2D eigenvalue weighted by molar-refractivity contribution is -0.120. The second-order valence-corrected chi connectivity index (χ2v) is 6.46. The maximum Gasteiger partial charge on any atom is 0.338 e. The van der Waals surface area contributed by atoms with Gasteiger partial charge >= 0.3 is 5.97 Å². The maximum atomic E-state index is 12.4. The van der Waals surface area contributed by atoms with Crippen LogP contribution in [0.1, 0.15) is 33.0 Å². The van der Waals surface area contributed by atoms with Gasteiger partial charge in [0.25, 0.3) is 0 Å². The van der Waals surface area contributed by atoms with Crippen LogP contribution < -0.4 is 0 Å². The number of hydrogen-bond donors (Lipinski definition) is 1. The van der Waals surface area contributed by atoms with Gasteiger partial charge in [-0.25, -0.2) is 4.79 Å². The Hall–Kier alpha value is -2.72. The van der Waals surface area contributed by atoms with Gasteiger partial charge in [0.05, 0.1) is 11.5 Å². The summed E-state index contributed by atoms with van der Waals surface area (Å²) in [5.74, 6) is -1.48. The van der Waals surface area contributed by atoms with E-state index in [0.29, 0.717) is 5.56 Å². The van der Waals surface area contributed by atoms with Gasteiger partial charge in [-0.1, -0.05) is 42.0 Å². The van der Waals surface area contributed by atoms with Gasteiger partial charge in [0, 0.05) is 0 Å². The Labute approximate surface area is 146 Å². The van der Waals surface area contributed by atoms with E-state index in [2.05, 4.69) is 0 Å². The Morgan fingerprint density at radius 2 is 1.88 bits per heavy atom. The van der Waals surface area contributed by atoms with Gasteiger partial charge in [-0.15, -0.1) is 0 Å². The minimum Gasteiger partial charge on any atom is -0.459 e. The van der Waals surface area contributed by atoms with Crippen molar-refractivity contribution >= 4 is 11.8 Å². The first-order valence-corrected chi connectivity index (χ1v) is 8.15. The molecule has 25 heavy (non-hydrogen) atoms. The molecule has 1 unspecified atom stereocenters. The molecule has 128 valence electrons. The van der Waals surface area contributed by atoms with Gasteiger partial charge in [-0.05, 0) is 49.3 Å². The number of benzene rings is 2. The third-order valence-electron chi connectivity index (χ3n) is 4.50. The molecule has 0 saturated carbocycles. The van der Waals surface area contributed by atoms with Crippen LogP contribution in [0.2, 0.25) is 0 Å². The lowest BCUT2D eigenvalue weighted by Crippen LogP contribution is -2.40. The van der Waals surface area contributed by atoms with Crippen molar-refractivity contribution in [2.75, 3.05) is 6.61 Å². The Kier molecular flexibility index (Phi) is 4.55. The lowest BCUT2D eigenvalue weighted by atomic mass is 9.82. The number of rotatable bonds is 4. The Morgan fingerprint density at radius 1 is 1.16 bits per heavy atom. The molecule has 1 aliphatic rings. The van der Waals surface area contributed by atoms with Crippen LogP contribution in [0.4, 0.5) is 0 Å². The summed E-state index contributed by atoms with van der Waals surface area (Å²) in [6, 6.07) is 14.3. The first-order valence-electron chi connectivity index (χ1n) is 8.15. The summed E-state index contributed by atoms with van der Waals surface area (Å²) in [5.41, 5.74) is 1.62. The van der Waals surface area contributed by atoms with Crippen molar-refractivity contribution in [1.29, 1.82) is 0 Å². The molecule has 2 aromatic rings. The molecule has 0 bridgehead atoms. The zero-order valence-electron chi connectivity index (χ0n) is 14.2. The Bertz CT molecular complexity index is 838. The van der Waals surface area contributed by atoms with E-state index in [-0.39, 0.29) is 12.4 Å².